The van der Waals surface area contributed by atoms with E-state index in [1.807, 2.05) is 37.3 Å². The Morgan fingerprint density at radius 3 is 2.19 bits per heavy atom. The minimum absolute atomic E-state index is 0.292. The zero-order valence-corrected chi connectivity index (χ0v) is 15.6. The molecule has 0 fully saturated rings. The van der Waals surface area contributed by atoms with Crippen molar-refractivity contribution in [2.24, 2.45) is 0 Å². The van der Waals surface area contributed by atoms with E-state index >= 15 is 0 Å². The number of sulfonamides is 1. The van der Waals surface area contributed by atoms with Gasteiger partial charge in [-0.15, -0.1) is 0 Å². The van der Waals surface area contributed by atoms with Gasteiger partial charge in [-0.2, -0.15) is 0 Å². The van der Waals surface area contributed by atoms with Gasteiger partial charge in [-0.05, 0) is 49.2 Å². The van der Waals surface area contributed by atoms with Crippen LogP contribution in [0.5, 0.6) is 0 Å². The average molecular weight is 433 g/mol. The standard InChI is InChI=1S/C15H15Br2NO2S/c1-10-3-6-14(17)9-15(10)21(19,20)18-11(2)12-4-7-13(16)8-5-12/h3-9,11,18H,1-2H3/t11-/m0/s1. The Labute approximate surface area is 142 Å². The summed E-state index contributed by atoms with van der Waals surface area (Å²) in [6.07, 6.45) is 0. The van der Waals surface area contributed by atoms with Gasteiger partial charge in [-0.25, -0.2) is 13.1 Å². The Kier molecular flexibility index (Phi) is 5.24. The number of halogens is 2. The van der Waals surface area contributed by atoms with Gasteiger partial charge in [-0.1, -0.05) is 50.1 Å². The van der Waals surface area contributed by atoms with Gasteiger partial charge in [0, 0.05) is 15.0 Å². The van der Waals surface area contributed by atoms with Crippen molar-refractivity contribution < 1.29 is 8.42 Å². The van der Waals surface area contributed by atoms with Gasteiger partial charge in [0.25, 0.3) is 0 Å². The highest BCUT2D eigenvalue weighted by atomic mass is 79.9. The lowest BCUT2D eigenvalue weighted by Crippen LogP contribution is -2.27. The fraction of sp³-hybridized carbons (Fsp3) is 0.200. The molecule has 21 heavy (non-hydrogen) atoms. The molecule has 2 rings (SSSR count). The van der Waals surface area contributed by atoms with Crippen LogP contribution in [0.4, 0.5) is 0 Å². The van der Waals surface area contributed by atoms with Gasteiger partial charge in [0.05, 0.1) is 4.90 Å². The van der Waals surface area contributed by atoms with E-state index in [2.05, 4.69) is 36.6 Å². The highest BCUT2D eigenvalue weighted by molar-refractivity contribution is 9.10. The van der Waals surface area contributed by atoms with Gasteiger partial charge < -0.3 is 0 Å². The number of nitrogens with one attached hydrogen (secondary N) is 1. The molecule has 112 valence electrons. The topological polar surface area (TPSA) is 46.2 Å². The molecule has 3 nitrogen and oxygen atoms in total. The average Bonchev–Trinajstić information content (AvgIpc) is 2.41. The van der Waals surface area contributed by atoms with E-state index in [-0.39, 0.29) is 6.04 Å². The summed E-state index contributed by atoms with van der Waals surface area (Å²) in [6.45, 7) is 3.61. The monoisotopic (exact) mass is 431 g/mol. The Morgan fingerprint density at radius 2 is 1.57 bits per heavy atom. The van der Waals surface area contributed by atoms with Crippen LogP contribution < -0.4 is 4.72 Å². The molecule has 2 aromatic rings. The SMILES string of the molecule is Cc1ccc(Br)cc1S(=O)(=O)N[C@@H](C)c1ccc(Br)cc1. The molecule has 6 heteroatoms. The molecule has 2 aromatic carbocycles. The first kappa shape index (κ1) is 16.7. The number of hydrogen-bond acceptors (Lipinski definition) is 2. The lowest BCUT2D eigenvalue weighted by molar-refractivity contribution is 0.566. The summed E-state index contributed by atoms with van der Waals surface area (Å²) in [5, 5.41) is 0. The molecule has 0 radical (unpaired) electrons. The van der Waals surface area contributed by atoms with Crippen molar-refractivity contribution >= 4 is 41.9 Å². The first-order valence-corrected chi connectivity index (χ1v) is 9.40. The summed E-state index contributed by atoms with van der Waals surface area (Å²) in [5.74, 6) is 0. The second kappa shape index (κ2) is 6.60. The molecule has 0 bridgehead atoms. The smallest absolute Gasteiger partial charge is 0.207 e. The maximum absolute atomic E-state index is 12.5. The summed E-state index contributed by atoms with van der Waals surface area (Å²) in [5.41, 5.74) is 1.63. The van der Waals surface area contributed by atoms with E-state index in [1.165, 1.54) is 0 Å². The molecular weight excluding hydrogens is 418 g/mol. The van der Waals surface area contributed by atoms with E-state index in [4.69, 9.17) is 0 Å². The Morgan fingerprint density at radius 1 is 1.00 bits per heavy atom. The van der Waals surface area contributed by atoms with Crippen molar-refractivity contribution in [1.82, 2.24) is 4.72 Å². The lowest BCUT2D eigenvalue weighted by atomic mass is 10.1. The Balaban J connectivity index is 2.28. The van der Waals surface area contributed by atoms with Crippen LogP contribution in [0, 0.1) is 6.92 Å². The van der Waals surface area contributed by atoms with Crippen molar-refractivity contribution in [1.29, 1.82) is 0 Å². The molecule has 0 aliphatic carbocycles. The van der Waals surface area contributed by atoms with E-state index in [0.29, 0.717) is 10.5 Å². The second-order valence-electron chi connectivity index (χ2n) is 4.80. The molecule has 1 atom stereocenters. The van der Waals surface area contributed by atoms with E-state index in [1.54, 1.807) is 19.1 Å². The van der Waals surface area contributed by atoms with Gasteiger partial charge in [0.1, 0.15) is 0 Å². The molecule has 0 heterocycles. The minimum Gasteiger partial charge on any atom is -0.207 e. The summed E-state index contributed by atoms with van der Waals surface area (Å²) in [7, 11) is -3.56. The van der Waals surface area contributed by atoms with Crippen LogP contribution in [0.2, 0.25) is 0 Å². The van der Waals surface area contributed by atoms with Crippen LogP contribution in [-0.2, 0) is 10.0 Å². The molecule has 0 unspecified atom stereocenters. The van der Waals surface area contributed by atoms with Crippen LogP contribution in [0.25, 0.3) is 0 Å². The van der Waals surface area contributed by atoms with Crippen molar-refractivity contribution in [2.75, 3.05) is 0 Å². The molecule has 0 saturated carbocycles. The maximum Gasteiger partial charge on any atom is 0.241 e. The summed E-state index contributed by atoms with van der Waals surface area (Å²) in [4.78, 5) is 0.292. The zero-order valence-electron chi connectivity index (χ0n) is 11.6. The van der Waals surface area contributed by atoms with Gasteiger partial charge >= 0.3 is 0 Å². The number of benzene rings is 2. The number of hydrogen-bond donors (Lipinski definition) is 1. The molecule has 0 amide bonds. The zero-order chi connectivity index (χ0) is 15.6. The predicted molar refractivity (Wildman–Crippen MR) is 91.8 cm³/mol. The summed E-state index contributed by atoms with van der Waals surface area (Å²) < 4.78 is 29.4. The van der Waals surface area contributed by atoms with Crippen LogP contribution in [0.3, 0.4) is 0 Å². The minimum atomic E-state index is -3.56. The molecule has 0 spiro atoms. The fourth-order valence-electron chi connectivity index (χ4n) is 1.98. The largest absolute Gasteiger partial charge is 0.241 e. The maximum atomic E-state index is 12.5. The van der Waals surface area contributed by atoms with Gasteiger partial charge in [0.15, 0.2) is 0 Å². The first-order chi connectivity index (χ1) is 9.79. The van der Waals surface area contributed by atoms with Gasteiger partial charge in [-0.3, -0.25) is 0 Å². The van der Waals surface area contributed by atoms with E-state index < -0.39 is 10.0 Å². The third kappa shape index (κ3) is 4.16. The quantitative estimate of drug-likeness (QED) is 0.769. The Hall–Kier alpha value is -0.690. The van der Waals surface area contributed by atoms with E-state index in [9.17, 15) is 8.42 Å². The number of aryl methyl sites for hydroxylation is 1. The van der Waals surface area contributed by atoms with Crippen molar-refractivity contribution in [2.45, 2.75) is 24.8 Å². The molecule has 0 saturated heterocycles. The highest BCUT2D eigenvalue weighted by Gasteiger charge is 2.20. The van der Waals surface area contributed by atoms with Crippen LogP contribution >= 0.6 is 31.9 Å². The molecule has 0 aromatic heterocycles. The number of rotatable bonds is 4. The second-order valence-corrected chi connectivity index (χ2v) is 8.32. The van der Waals surface area contributed by atoms with Gasteiger partial charge in [0.2, 0.25) is 10.0 Å². The van der Waals surface area contributed by atoms with Crippen molar-refractivity contribution in [3.63, 3.8) is 0 Å². The third-order valence-electron chi connectivity index (χ3n) is 3.14. The molecule has 0 aliphatic heterocycles. The first-order valence-electron chi connectivity index (χ1n) is 6.33. The molecule has 1 N–H and O–H groups in total. The third-order valence-corrected chi connectivity index (χ3v) is 5.85. The molecular formula is C15H15Br2NO2S. The fourth-order valence-corrected chi connectivity index (χ4v) is 4.26. The summed E-state index contributed by atoms with van der Waals surface area (Å²) >= 11 is 6.68. The lowest BCUT2D eigenvalue weighted by Gasteiger charge is -2.16. The highest BCUT2D eigenvalue weighted by Crippen LogP contribution is 2.23. The van der Waals surface area contributed by atoms with Crippen LogP contribution in [0.1, 0.15) is 24.1 Å². The van der Waals surface area contributed by atoms with Crippen molar-refractivity contribution in [3.05, 3.63) is 62.5 Å². The molecule has 0 aliphatic rings. The Bertz CT molecular complexity index is 743. The van der Waals surface area contributed by atoms with Crippen molar-refractivity contribution in [3.8, 4) is 0 Å². The van der Waals surface area contributed by atoms with E-state index in [0.717, 1.165) is 14.5 Å². The normalized spacial score (nSPS) is 13.1. The predicted octanol–water partition coefficient (Wildman–Crippen LogP) is 4.56. The van der Waals surface area contributed by atoms with Crippen LogP contribution in [0.15, 0.2) is 56.3 Å². The summed E-state index contributed by atoms with van der Waals surface area (Å²) in [6, 6.07) is 12.5. The van der Waals surface area contributed by atoms with Crippen LogP contribution in [-0.4, -0.2) is 8.42 Å².